The summed E-state index contributed by atoms with van der Waals surface area (Å²) in [5, 5.41) is 11.3. The highest BCUT2D eigenvalue weighted by molar-refractivity contribution is 6.00. The Labute approximate surface area is 105 Å². The van der Waals surface area contributed by atoms with Gasteiger partial charge in [-0.3, -0.25) is 4.79 Å². The first-order chi connectivity index (χ1) is 8.65. The molecular weight excluding hydrogens is 234 g/mol. The Balaban J connectivity index is 2.70. The van der Waals surface area contributed by atoms with E-state index in [0.717, 1.165) is 0 Å². The molecule has 1 aromatic carbocycles. The monoisotopic (exact) mass is 249 g/mol. The lowest BCUT2D eigenvalue weighted by molar-refractivity contribution is -0.133. The summed E-state index contributed by atoms with van der Waals surface area (Å²) in [5.41, 5.74) is 0.275. The Bertz CT molecular complexity index is 440. The number of carbonyl (C=O) groups is 2. The van der Waals surface area contributed by atoms with E-state index in [1.165, 1.54) is 13.2 Å². The number of methoxy groups -OCH3 is 1. The first kappa shape index (κ1) is 13.9. The lowest BCUT2D eigenvalue weighted by Crippen LogP contribution is -2.27. The van der Waals surface area contributed by atoms with Crippen LogP contribution in [0.2, 0.25) is 0 Å². The molecule has 0 aliphatic rings. The van der Waals surface area contributed by atoms with Gasteiger partial charge in [-0.2, -0.15) is 0 Å². The molecule has 0 heterocycles. The van der Waals surface area contributed by atoms with E-state index in [2.05, 4.69) is 5.32 Å². The van der Waals surface area contributed by atoms with E-state index in [0.29, 0.717) is 18.6 Å². The maximum Gasteiger partial charge on any atom is 0.352 e. The number of carbonyl (C=O) groups excluding carboxylic acids is 1. The molecule has 5 heteroatoms. The molecule has 2 N–H and O–H groups in total. The van der Waals surface area contributed by atoms with Crippen molar-refractivity contribution in [2.24, 2.45) is 0 Å². The molecule has 96 valence electrons. The number of benzene rings is 1. The quantitative estimate of drug-likeness (QED) is 0.590. The summed E-state index contributed by atoms with van der Waals surface area (Å²) in [4.78, 5) is 22.7. The first-order valence-corrected chi connectivity index (χ1v) is 5.44. The van der Waals surface area contributed by atoms with Crippen molar-refractivity contribution in [1.29, 1.82) is 0 Å². The van der Waals surface area contributed by atoms with Gasteiger partial charge in [-0.1, -0.05) is 24.3 Å². The van der Waals surface area contributed by atoms with Crippen LogP contribution in [0.1, 0.15) is 16.8 Å². The van der Waals surface area contributed by atoms with E-state index >= 15 is 0 Å². The van der Waals surface area contributed by atoms with Crippen LogP contribution in [0.4, 0.5) is 0 Å². The fourth-order valence-electron chi connectivity index (χ4n) is 1.30. The normalized spacial score (nSPS) is 11.1. The predicted molar refractivity (Wildman–Crippen MR) is 66.1 cm³/mol. The second-order valence-corrected chi connectivity index (χ2v) is 3.52. The third-order valence-corrected chi connectivity index (χ3v) is 2.19. The average molecular weight is 249 g/mol. The fraction of sp³-hybridized carbons (Fsp3) is 0.231. The molecule has 1 aromatic rings. The van der Waals surface area contributed by atoms with E-state index in [1.807, 2.05) is 0 Å². The van der Waals surface area contributed by atoms with Crippen molar-refractivity contribution in [3.63, 3.8) is 0 Å². The minimum atomic E-state index is -1.17. The summed E-state index contributed by atoms with van der Waals surface area (Å²) >= 11 is 0. The first-order valence-electron chi connectivity index (χ1n) is 5.44. The van der Waals surface area contributed by atoms with Crippen LogP contribution in [0, 0.1) is 0 Å². The van der Waals surface area contributed by atoms with Crippen molar-refractivity contribution in [2.45, 2.75) is 6.42 Å². The highest BCUT2D eigenvalue weighted by Crippen LogP contribution is 2.01. The zero-order valence-corrected chi connectivity index (χ0v) is 10.1. The van der Waals surface area contributed by atoms with Gasteiger partial charge in [-0.05, 0) is 18.6 Å². The number of hydrogen-bond acceptors (Lipinski definition) is 3. The summed E-state index contributed by atoms with van der Waals surface area (Å²) < 4.78 is 4.81. The molecule has 0 radical (unpaired) electrons. The van der Waals surface area contributed by atoms with Crippen molar-refractivity contribution < 1.29 is 19.4 Å². The van der Waals surface area contributed by atoms with Gasteiger partial charge in [0.15, 0.2) is 0 Å². The average Bonchev–Trinajstić information content (AvgIpc) is 2.38. The number of nitrogens with one attached hydrogen (secondary N) is 1. The van der Waals surface area contributed by atoms with Crippen molar-refractivity contribution >= 4 is 11.9 Å². The maximum atomic E-state index is 11.7. The van der Waals surface area contributed by atoms with Gasteiger partial charge >= 0.3 is 5.97 Å². The Morgan fingerprint density at radius 2 is 2.00 bits per heavy atom. The number of rotatable bonds is 6. The molecule has 1 rings (SSSR count). The molecule has 0 spiro atoms. The minimum Gasteiger partial charge on any atom is -0.477 e. The predicted octanol–water partition coefficient (Wildman–Crippen LogP) is 1.42. The van der Waals surface area contributed by atoms with Crippen LogP contribution in [0.25, 0.3) is 0 Å². The molecule has 0 saturated heterocycles. The number of ether oxygens (including phenoxy) is 1. The van der Waals surface area contributed by atoms with E-state index in [-0.39, 0.29) is 5.70 Å². The Morgan fingerprint density at radius 1 is 1.33 bits per heavy atom. The number of carboxylic acids is 1. The van der Waals surface area contributed by atoms with Crippen LogP contribution in [-0.2, 0) is 9.53 Å². The third-order valence-electron chi connectivity index (χ3n) is 2.19. The van der Waals surface area contributed by atoms with Crippen molar-refractivity contribution in [2.75, 3.05) is 13.7 Å². The van der Waals surface area contributed by atoms with Gasteiger partial charge in [0.2, 0.25) is 0 Å². The van der Waals surface area contributed by atoms with Crippen LogP contribution in [-0.4, -0.2) is 30.7 Å². The highest BCUT2D eigenvalue weighted by Gasteiger charge is 2.12. The maximum absolute atomic E-state index is 11.7. The molecule has 1 amide bonds. The molecule has 0 fully saturated rings. The summed E-state index contributed by atoms with van der Waals surface area (Å²) in [6.45, 7) is 0.401. The van der Waals surface area contributed by atoms with Crippen molar-refractivity contribution in [3.05, 3.63) is 47.7 Å². The molecule has 18 heavy (non-hydrogen) atoms. The van der Waals surface area contributed by atoms with Gasteiger partial charge < -0.3 is 15.2 Å². The molecular formula is C13H15NO4. The van der Waals surface area contributed by atoms with Gasteiger partial charge in [-0.15, -0.1) is 0 Å². The zero-order chi connectivity index (χ0) is 13.4. The van der Waals surface area contributed by atoms with E-state index in [4.69, 9.17) is 9.84 Å². The molecule has 0 bridgehead atoms. The molecule has 0 atom stereocenters. The smallest absolute Gasteiger partial charge is 0.352 e. The van der Waals surface area contributed by atoms with Gasteiger partial charge in [-0.25, -0.2) is 4.79 Å². The van der Waals surface area contributed by atoms with Gasteiger partial charge in [0.25, 0.3) is 5.91 Å². The minimum absolute atomic E-state index is 0.138. The lowest BCUT2D eigenvalue weighted by atomic mass is 10.2. The summed E-state index contributed by atoms with van der Waals surface area (Å²) in [7, 11) is 1.52. The van der Waals surface area contributed by atoms with E-state index in [9.17, 15) is 9.59 Å². The van der Waals surface area contributed by atoms with Crippen molar-refractivity contribution in [3.8, 4) is 0 Å². The number of aliphatic carboxylic acids is 1. The van der Waals surface area contributed by atoms with Crippen molar-refractivity contribution in [1.82, 2.24) is 5.32 Å². The molecule has 0 aromatic heterocycles. The Hall–Kier alpha value is -2.14. The number of carboxylic acid groups (broad SMARTS) is 1. The topological polar surface area (TPSA) is 75.6 Å². The largest absolute Gasteiger partial charge is 0.477 e. The van der Waals surface area contributed by atoms with Crippen LogP contribution < -0.4 is 5.32 Å². The number of amides is 1. The van der Waals surface area contributed by atoms with Crippen LogP contribution in [0.15, 0.2) is 42.1 Å². The lowest BCUT2D eigenvalue weighted by Gasteiger charge is -2.05. The number of hydrogen-bond donors (Lipinski definition) is 2. The van der Waals surface area contributed by atoms with Crippen LogP contribution >= 0.6 is 0 Å². The van der Waals surface area contributed by atoms with Gasteiger partial charge in [0, 0.05) is 19.3 Å². The van der Waals surface area contributed by atoms with E-state index in [1.54, 1.807) is 30.3 Å². The standard InChI is InChI=1S/C13H15NO4/c1-18-9-5-8-11(13(16)17)14-12(15)10-6-3-2-4-7-10/h2-4,6-8H,5,9H2,1H3,(H,14,15)(H,16,17). The Kier molecular flexibility index (Phi) is 5.60. The summed E-state index contributed by atoms with van der Waals surface area (Å²) in [6.07, 6.45) is 1.85. The summed E-state index contributed by atoms with van der Waals surface area (Å²) in [5.74, 6) is -1.61. The molecule has 5 nitrogen and oxygen atoms in total. The van der Waals surface area contributed by atoms with E-state index < -0.39 is 11.9 Å². The highest BCUT2D eigenvalue weighted by atomic mass is 16.5. The Morgan fingerprint density at radius 3 is 2.56 bits per heavy atom. The zero-order valence-electron chi connectivity index (χ0n) is 10.1. The van der Waals surface area contributed by atoms with Gasteiger partial charge in [0.05, 0.1) is 0 Å². The van der Waals surface area contributed by atoms with Crippen LogP contribution in [0.5, 0.6) is 0 Å². The van der Waals surface area contributed by atoms with Gasteiger partial charge in [0.1, 0.15) is 5.70 Å². The molecule has 0 aliphatic carbocycles. The molecule has 0 aliphatic heterocycles. The summed E-state index contributed by atoms with van der Waals surface area (Å²) in [6, 6.07) is 8.44. The van der Waals surface area contributed by atoms with Crippen LogP contribution in [0.3, 0.4) is 0 Å². The third kappa shape index (κ3) is 4.39. The molecule has 0 unspecified atom stereocenters. The fourth-order valence-corrected chi connectivity index (χ4v) is 1.30. The SMILES string of the molecule is COCCC=C(NC(=O)c1ccccc1)C(=O)O. The second-order valence-electron chi connectivity index (χ2n) is 3.52. The molecule has 0 saturated carbocycles. The second kappa shape index (κ2) is 7.24.